The normalized spacial score (nSPS) is 11.3. The number of carbonyl (C=O) groups is 1. The van der Waals surface area contributed by atoms with Crippen molar-refractivity contribution in [2.45, 2.75) is 13.3 Å². The van der Waals surface area contributed by atoms with Crippen molar-refractivity contribution in [1.82, 2.24) is 9.66 Å². The summed E-state index contributed by atoms with van der Waals surface area (Å²) in [4.78, 5) is 29.8. The molecular weight excluding hydrogens is 524 g/mol. The van der Waals surface area contributed by atoms with E-state index in [1.807, 2.05) is 37.3 Å². The van der Waals surface area contributed by atoms with Crippen LogP contribution in [0, 0.1) is 0 Å². The molecular formula is C31H28N4O6. The van der Waals surface area contributed by atoms with Gasteiger partial charge < -0.3 is 24.4 Å². The lowest BCUT2D eigenvalue weighted by atomic mass is 10.1. The highest BCUT2D eigenvalue weighted by Gasteiger charge is 2.18. The van der Waals surface area contributed by atoms with Crippen molar-refractivity contribution >= 4 is 34.0 Å². The van der Waals surface area contributed by atoms with E-state index in [0.29, 0.717) is 63.6 Å². The van der Waals surface area contributed by atoms with Crippen LogP contribution < -0.4 is 25.5 Å². The van der Waals surface area contributed by atoms with E-state index in [0.717, 1.165) is 5.39 Å². The van der Waals surface area contributed by atoms with Crippen LogP contribution in [0.1, 0.15) is 18.1 Å². The molecule has 5 rings (SSSR count). The van der Waals surface area contributed by atoms with Crippen LogP contribution in [0.3, 0.4) is 0 Å². The lowest BCUT2D eigenvalue weighted by Crippen LogP contribution is -2.21. The zero-order valence-electron chi connectivity index (χ0n) is 22.6. The van der Waals surface area contributed by atoms with Gasteiger partial charge in [-0.25, -0.2) is 4.98 Å². The van der Waals surface area contributed by atoms with Gasteiger partial charge in [-0.2, -0.15) is 9.78 Å². The Hall–Kier alpha value is -5.38. The van der Waals surface area contributed by atoms with Crippen LogP contribution in [0.4, 0.5) is 0 Å². The number of carbonyl (C=O) groups excluding carboxylic acids is 1. The first-order valence-corrected chi connectivity index (χ1v) is 12.9. The highest BCUT2D eigenvalue weighted by molar-refractivity contribution is 5.89. The Morgan fingerprint density at radius 1 is 1.10 bits per heavy atom. The molecule has 1 amide bonds. The van der Waals surface area contributed by atoms with Crippen LogP contribution in [0.5, 0.6) is 17.2 Å². The molecule has 0 aliphatic carbocycles. The van der Waals surface area contributed by atoms with Gasteiger partial charge in [0, 0.05) is 5.56 Å². The van der Waals surface area contributed by atoms with Crippen LogP contribution in [-0.2, 0) is 11.2 Å². The average Bonchev–Trinajstić information content (AvgIpc) is 3.41. The molecule has 3 aromatic carbocycles. The summed E-state index contributed by atoms with van der Waals surface area (Å²) in [6.45, 7) is 5.70. The molecule has 0 atom stereocenters. The Morgan fingerprint density at radius 3 is 2.68 bits per heavy atom. The van der Waals surface area contributed by atoms with Crippen molar-refractivity contribution in [1.29, 1.82) is 0 Å². The summed E-state index contributed by atoms with van der Waals surface area (Å²) in [5.41, 5.74) is 7.34. The summed E-state index contributed by atoms with van der Waals surface area (Å²) < 4.78 is 24.2. The molecule has 0 spiro atoms. The molecule has 0 bridgehead atoms. The maximum atomic E-state index is 13.7. The minimum Gasteiger partial charge on any atom is -0.496 e. The lowest BCUT2D eigenvalue weighted by Gasteiger charge is -2.16. The van der Waals surface area contributed by atoms with Crippen LogP contribution in [0.2, 0.25) is 0 Å². The van der Waals surface area contributed by atoms with Crippen LogP contribution >= 0.6 is 0 Å². The van der Waals surface area contributed by atoms with Crippen molar-refractivity contribution in [3.05, 3.63) is 94.8 Å². The molecule has 0 unspecified atom stereocenters. The molecule has 0 radical (unpaired) electrons. The van der Waals surface area contributed by atoms with Gasteiger partial charge in [-0.1, -0.05) is 24.3 Å². The standard InChI is InChI=1S/C31H28N4O6/c1-4-9-20-14-19(15-26(39-5-2)29(20)40-18-28(32)36)17-33-35-30(34-23-11-7-6-10-21(23)31(35)37)27-16-22-24(38-3)12-8-13-25(22)41-27/h4,6-8,10-17H,1,5,9,18H2,2-3H3,(H2,32,36). The topological polar surface area (TPSA) is 131 Å². The average molecular weight is 553 g/mol. The molecule has 208 valence electrons. The van der Waals surface area contributed by atoms with E-state index in [2.05, 4.69) is 11.7 Å². The molecule has 10 heteroatoms. The van der Waals surface area contributed by atoms with Gasteiger partial charge in [0.25, 0.3) is 11.5 Å². The number of furan rings is 1. The number of fused-ring (bicyclic) bond motifs is 2. The van der Waals surface area contributed by atoms with Gasteiger partial charge in [-0.15, -0.1) is 6.58 Å². The summed E-state index contributed by atoms with van der Waals surface area (Å²) in [7, 11) is 1.58. The predicted molar refractivity (Wildman–Crippen MR) is 157 cm³/mol. The van der Waals surface area contributed by atoms with E-state index < -0.39 is 5.91 Å². The van der Waals surface area contributed by atoms with Gasteiger partial charge in [0.15, 0.2) is 23.9 Å². The number of methoxy groups -OCH3 is 1. The number of rotatable bonds is 11. The SMILES string of the molecule is C=CCc1cc(C=Nn2c(-c3cc4c(OC)cccc4o3)nc3ccccc3c2=O)cc(OCC)c1OCC(N)=O. The van der Waals surface area contributed by atoms with Gasteiger partial charge >= 0.3 is 0 Å². The third kappa shape index (κ3) is 5.53. The van der Waals surface area contributed by atoms with Crippen molar-refractivity contribution in [2.75, 3.05) is 20.3 Å². The minimum atomic E-state index is -0.610. The second kappa shape index (κ2) is 11.8. The Bertz CT molecular complexity index is 1850. The Labute approximate surface area is 235 Å². The van der Waals surface area contributed by atoms with Gasteiger partial charge in [0.1, 0.15) is 11.3 Å². The van der Waals surface area contributed by atoms with Crippen molar-refractivity contribution in [3.8, 4) is 28.8 Å². The molecule has 0 saturated heterocycles. The maximum Gasteiger partial charge on any atom is 0.282 e. The van der Waals surface area contributed by atoms with Gasteiger partial charge in [0.2, 0.25) is 5.82 Å². The van der Waals surface area contributed by atoms with E-state index in [1.54, 1.807) is 43.5 Å². The zero-order valence-corrected chi connectivity index (χ0v) is 22.6. The lowest BCUT2D eigenvalue weighted by molar-refractivity contribution is -0.119. The third-order valence-electron chi connectivity index (χ3n) is 6.21. The quantitative estimate of drug-likeness (QED) is 0.186. The summed E-state index contributed by atoms with van der Waals surface area (Å²) in [5.74, 6) is 1.39. The van der Waals surface area contributed by atoms with Crippen LogP contribution in [-0.4, -0.2) is 42.1 Å². The molecule has 0 saturated carbocycles. The molecule has 0 aliphatic heterocycles. The Morgan fingerprint density at radius 2 is 1.93 bits per heavy atom. The minimum absolute atomic E-state index is 0.223. The number of benzene rings is 3. The molecule has 2 heterocycles. The number of aromatic nitrogens is 2. The molecule has 2 aromatic heterocycles. The Kier molecular flexibility index (Phi) is 7.82. The first kappa shape index (κ1) is 27.2. The van der Waals surface area contributed by atoms with E-state index in [1.165, 1.54) is 10.9 Å². The van der Waals surface area contributed by atoms with Crippen molar-refractivity contribution in [3.63, 3.8) is 0 Å². The molecule has 2 N–H and O–H groups in total. The molecule has 0 aliphatic rings. The van der Waals surface area contributed by atoms with E-state index in [9.17, 15) is 9.59 Å². The number of hydrogen-bond acceptors (Lipinski definition) is 8. The van der Waals surface area contributed by atoms with Crippen molar-refractivity contribution in [2.24, 2.45) is 10.8 Å². The fourth-order valence-electron chi connectivity index (χ4n) is 4.47. The summed E-state index contributed by atoms with van der Waals surface area (Å²) in [6.07, 6.45) is 3.66. The van der Waals surface area contributed by atoms with E-state index in [4.69, 9.17) is 29.3 Å². The number of ether oxygens (including phenoxy) is 3. The number of allylic oxidation sites excluding steroid dienone is 1. The molecule has 41 heavy (non-hydrogen) atoms. The number of hydrogen-bond donors (Lipinski definition) is 1. The second-order valence-corrected chi connectivity index (χ2v) is 8.98. The monoisotopic (exact) mass is 552 g/mol. The van der Waals surface area contributed by atoms with Gasteiger partial charge in [-0.3, -0.25) is 9.59 Å². The Balaban J connectivity index is 1.67. The fourth-order valence-corrected chi connectivity index (χ4v) is 4.47. The first-order chi connectivity index (χ1) is 19.9. The van der Waals surface area contributed by atoms with Crippen LogP contribution in [0.25, 0.3) is 33.5 Å². The largest absolute Gasteiger partial charge is 0.496 e. The second-order valence-electron chi connectivity index (χ2n) is 8.98. The van der Waals surface area contributed by atoms with Crippen molar-refractivity contribution < 1.29 is 23.4 Å². The molecule has 10 nitrogen and oxygen atoms in total. The summed E-state index contributed by atoms with van der Waals surface area (Å²) >= 11 is 0. The number of nitrogens with zero attached hydrogens (tertiary/aromatic N) is 3. The maximum absolute atomic E-state index is 13.7. The zero-order chi connectivity index (χ0) is 28.9. The summed E-state index contributed by atoms with van der Waals surface area (Å²) in [5, 5.41) is 5.69. The number of primary amides is 1. The first-order valence-electron chi connectivity index (χ1n) is 12.9. The number of amides is 1. The van der Waals surface area contributed by atoms with E-state index in [-0.39, 0.29) is 18.0 Å². The highest BCUT2D eigenvalue weighted by atomic mass is 16.5. The predicted octanol–water partition coefficient (Wildman–Crippen LogP) is 4.69. The number of nitrogens with two attached hydrogens (primary N) is 1. The van der Waals surface area contributed by atoms with Gasteiger partial charge in [-0.05, 0) is 61.4 Å². The highest BCUT2D eigenvalue weighted by Crippen LogP contribution is 2.35. The third-order valence-corrected chi connectivity index (χ3v) is 6.21. The summed E-state index contributed by atoms with van der Waals surface area (Å²) in [6, 6.07) is 17.8. The van der Waals surface area contributed by atoms with E-state index >= 15 is 0 Å². The smallest absolute Gasteiger partial charge is 0.282 e. The fraction of sp³-hybridized carbons (Fsp3) is 0.161. The number of para-hydroxylation sites is 1. The molecule has 0 fully saturated rings. The molecule has 5 aromatic rings. The van der Waals surface area contributed by atoms with Crippen LogP contribution in [0.15, 0.2) is 87.6 Å². The van der Waals surface area contributed by atoms with Gasteiger partial charge in [0.05, 0.1) is 36.2 Å².